The number of rotatable bonds is 5. The quantitative estimate of drug-likeness (QED) is 0.865. The zero-order valence-corrected chi connectivity index (χ0v) is 11.1. The maximum atomic E-state index is 9.88. The Hall–Kier alpha value is -2.07. The summed E-state index contributed by atoms with van der Waals surface area (Å²) in [5, 5.41) is 13.2. The first-order chi connectivity index (χ1) is 9.20. The van der Waals surface area contributed by atoms with Gasteiger partial charge in [-0.25, -0.2) is 0 Å². The number of phenols is 1. The molecule has 4 nitrogen and oxygen atoms in total. The number of phenolic OH excluding ortho intramolecular Hbond substituents is 1. The molecule has 0 radical (unpaired) electrons. The van der Waals surface area contributed by atoms with Crippen molar-refractivity contribution in [3.8, 4) is 11.5 Å². The Bertz CT molecular complexity index is 529. The van der Waals surface area contributed by atoms with Crippen molar-refractivity contribution >= 4 is 0 Å². The fraction of sp³-hybridized carbons (Fsp3) is 0.267. The molecule has 0 saturated carbocycles. The van der Waals surface area contributed by atoms with Crippen LogP contribution in [0, 0.1) is 0 Å². The summed E-state index contributed by atoms with van der Waals surface area (Å²) < 4.78 is 5.06. The van der Waals surface area contributed by atoms with Crippen LogP contribution in [0.1, 0.15) is 24.1 Å². The molecule has 0 saturated heterocycles. The number of hydrogen-bond acceptors (Lipinski definition) is 4. The molecule has 0 spiro atoms. The second kappa shape index (κ2) is 6.20. The Balaban J connectivity index is 1.99. The van der Waals surface area contributed by atoms with E-state index < -0.39 is 0 Å². The van der Waals surface area contributed by atoms with Gasteiger partial charge in [-0.3, -0.25) is 4.98 Å². The van der Waals surface area contributed by atoms with Crippen LogP contribution in [0.5, 0.6) is 11.5 Å². The molecule has 2 N–H and O–H groups in total. The predicted octanol–water partition coefficient (Wildman–Crippen LogP) is 2.65. The van der Waals surface area contributed by atoms with Gasteiger partial charge in [-0.2, -0.15) is 0 Å². The molecule has 100 valence electrons. The first-order valence-electron chi connectivity index (χ1n) is 6.20. The van der Waals surface area contributed by atoms with Gasteiger partial charge in [0.25, 0.3) is 0 Å². The fourth-order valence-corrected chi connectivity index (χ4v) is 1.85. The van der Waals surface area contributed by atoms with Crippen molar-refractivity contribution in [1.29, 1.82) is 0 Å². The highest BCUT2D eigenvalue weighted by atomic mass is 16.5. The van der Waals surface area contributed by atoms with Crippen molar-refractivity contribution in [2.75, 3.05) is 7.11 Å². The van der Waals surface area contributed by atoms with E-state index in [9.17, 15) is 5.11 Å². The molecule has 4 heteroatoms. The SMILES string of the molecule is COc1ccc(CNC(C)c2ccncc2)c(O)c1. The molecule has 0 aliphatic heterocycles. The lowest BCUT2D eigenvalue weighted by Crippen LogP contribution is -2.18. The monoisotopic (exact) mass is 258 g/mol. The largest absolute Gasteiger partial charge is 0.507 e. The van der Waals surface area contributed by atoms with E-state index in [0.29, 0.717) is 12.3 Å². The topological polar surface area (TPSA) is 54.4 Å². The lowest BCUT2D eigenvalue weighted by atomic mass is 10.1. The second-order valence-electron chi connectivity index (χ2n) is 4.38. The average molecular weight is 258 g/mol. The Morgan fingerprint density at radius 1 is 1.26 bits per heavy atom. The summed E-state index contributed by atoms with van der Waals surface area (Å²) in [6.45, 7) is 2.68. The molecule has 0 fully saturated rings. The van der Waals surface area contributed by atoms with Crippen LogP contribution in [0.3, 0.4) is 0 Å². The van der Waals surface area contributed by atoms with E-state index in [1.165, 1.54) is 5.56 Å². The number of nitrogens with zero attached hydrogens (tertiary/aromatic N) is 1. The number of aromatic hydroxyl groups is 1. The van der Waals surface area contributed by atoms with Crippen LogP contribution in [0.15, 0.2) is 42.7 Å². The summed E-state index contributed by atoms with van der Waals surface area (Å²) >= 11 is 0. The number of ether oxygens (including phenoxy) is 1. The molecule has 1 atom stereocenters. The highest BCUT2D eigenvalue weighted by molar-refractivity contribution is 5.39. The smallest absolute Gasteiger partial charge is 0.123 e. The molecule has 0 amide bonds. The van der Waals surface area contributed by atoms with Crippen molar-refractivity contribution in [2.45, 2.75) is 19.5 Å². The van der Waals surface area contributed by atoms with Crippen LogP contribution < -0.4 is 10.1 Å². The van der Waals surface area contributed by atoms with Crippen LogP contribution in [0.4, 0.5) is 0 Å². The highest BCUT2D eigenvalue weighted by Gasteiger charge is 2.07. The maximum absolute atomic E-state index is 9.88. The molecule has 2 aromatic rings. The molecular formula is C15H18N2O2. The molecule has 1 aromatic carbocycles. The number of nitrogens with one attached hydrogen (secondary N) is 1. The van der Waals surface area contributed by atoms with Gasteiger partial charge in [0.2, 0.25) is 0 Å². The Morgan fingerprint density at radius 3 is 2.63 bits per heavy atom. The van der Waals surface area contributed by atoms with E-state index in [4.69, 9.17) is 4.74 Å². The first-order valence-corrected chi connectivity index (χ1v) is 6.20. The van der Waals surface area contributed by atoms with E-state index in [2.05, 4.69) is 17.2 Å². The Labute approximate surface area is 113 Å². The lowest BCUT2D eigenvalue weighted by molar-refractivity contribution is 0.405. The number of hydrogen-bond donors (Lipinski definition) is 2. The molecule has 0 bridgehead atoms. The van der Waals surface area contributed by atoms with Crippen molar-refractivity contribution in [2.24, 2.45) is 0 Å². The van der Waals surface area contributed by atoms with Gasteiger partial charge in [-0.1, -0.05) is 6.07 Å². The van der Waals surface area contributed by atoms with E-state index in [1.54, 1.807) is 25.6 Å². The van der Waals surface area contributed by atoms with Gasteiger partial charge in [-0.05, 0) is 30.7 Å². The van der Waals surface area contributed by atoms with Crippen molar-refractivity contribution < 1.29 is 9.84 Å². The van der Waals surface area contributed by atoms with Gasteiger partial charge in [0.15, 0.2) is 0 Å². The summed E-state index contributed by atoms with van der Waals surface area (Å²) in [4.78, 5) is 4.00. The summed E-state index contributed by atoms with van der Waals surface area (Å²) in [6.07, 6.45) is 3.55. The lowest BCUT2D eigenvalue weighted by Gasteiger charge is -2.15. The van der Waals surface area contributed by atoms with Gasteiger partial charge in [0.1, 0.15) is 11.5 Å². The summed E-state index contributed by atoms with van der Waals surface area (Å²) in [5.74, 6) is 0.900. The van der Waals surface area contributed by atoms with Crippen LogP contribution >= 0.6 is 0 Å². The van der Waals surface area contributed by atoms with E-state index in [0.717, 1.165) is 5.56 Å². The zero-order chi connectivity index (χ0) is 13.7. The minimum Gasteiger partial charge on any atom is -0.507 e. The highest BCUT2D eigenvalue weighted by Crippen LogP contribution is 2.23. The molecule has 1 unspecified atom stereocenters. The fourth-order valence-electron chi connectivity index (χ4n) is 1.85. The van der Waals surface area contributed by atoms with E-state index >= 15 is 0 Å². The number of benzene rings is 1. The van der Waals surface area contributed by atoms with Crippen molar-refractivity contribution in [3.05, 3.63) is 53.9 Å². The minimum absolute atomic E-state index is 0.199. The molecule has 2 rings (SSSR count). The average Bonchev–Trinajstić information content (AvgIpc) is 2.46. The Morgan fingerprint density at radius 2 is 2.00 bits per heavy atom. The summed E-state index contributed by atoms with van der Waals surface area (Å²) in [5.41, 5.74) is 2.02. The van der Waals surface area contributed by atoms with Gasteiger partial charge in [0, 0.05) is 36.6 Å². The Kier molecular flexibility index (Phi) is 4.36. The van der Waals surface area contributed by atoms with Crippen LogP contribution in [0.2, 0.25) is 0 Å². The molecule has 0 aliphatic carbocycles. The standard InChI is InChI=1S/C15H18N2O2/c1-11(12-5-7-16-8-6-12)17-10-13-3-4-14(19-2)9-15(13)18/h3-9,11,17-18H,10H2,1-2H3. The second-order valence-corrected chi connectivity index (χ2v) is 4.38. The van der Waals surface area contributed by atoms with Crippen LogP contribution in [0.25, 0.3) is 0 Å². The molecule has 1 aromatic heterocycles. The van der Waals surface area contributed by atoms with Crippen LogP contribution in [-0.4, -0.2) is 17.2 Å². The third-order valence-electron chi connectivity index (χ3n) is 3.10. The summed E-state index contributed by atoms with van der Waals surface area (Å²) in [7, 11) is 1.58. The molecule has 1 heterocycles. The van der Waals surface area contributed by atoms with Gasteiger partial charge in [-0.15, -0.1) is 0 Å². The minimum atomic E-state index is 0.199. The molecular weight excluding hydrogens is 240 g/mol. The van der Waals surface area contributed by atoms with Crippen molar-refractivity contribution in [1.82, 2.24) is 10.3 Å². The van der Waals surface area contributed by atoms with Gasteiger partial charge in [0.05, 0.1) is 7.11 Å². The third-order valence-corrected chi connectivity index (χ3v) is 3.10. The van der Waals surface area contributed by atoms with Crippen LogP contribution in [-0.2, 0) is 6.54 Å². The predicted molar refractivity (Wildman–Crippen MR) is 74.2 cm³/mol. The molecule has 0 aliphatic rings. The number of aromatic nitrogens is 1. The van der Waals surface area contributed by atoms with E-state index in [-0.39, 0.29) is 11.8 Å². The third kappa shape index (κ3) is 3.45. The summed E-state index contributed by atoms with van der Waals surface area (Å²) in [6, 6.07) is 9.48. The van der Waals surface area contributed by atoms with Gasteiger partial charge >= 0.3 is 0 Å². The maximum Gasteiger partial charge on any atom is 0.123 e. The van der Waals surface area contributed by atoms with Gasteiger partial charge < -0.3 is 15.2 Å². The van der Waals surface area contributed by atoms with E-state index in [1.807, 2.05) is 24.3 Å². The number of pyridine rings is 1. The first kappa shape index (κ1) is 13.4. The normalized spacial score (nSPS) is 12.1. The molecule has 19 heavy (non-hydrogen) atoms. The zero-order valence-electron chi connectivity index (χ0n) is 11.1. The van der Waals surface area contributed by atoms with Crippen molar-refractivity contribution in [3.63, 3.8) is 0 Å². The number of methoxy groups -OCH3 is 1.